The van der Waals surface area contributed by atoms with Crippen molar-refractivity contribution in [1.29, 1.82) is 0 Å². The van der Waals surface area contributed by atoms with E-state index in [0.717, 1.165) is 37.1 Å². The number of nitrogens with one attached hydrogen (secondary N) is 2. The van der Waals surface area contributed by atoms with Crippen molar-refractivity contribution >= 4 is 27.5 Å². The number of halogens is 1. The molecule has 2 fully saturated rings. The quantitative estimate of drug-likeness (QED) is 0.509. The lowest BCUT2D eigenvalue weighted by atomic mass is 9.58. The number of sulfonamides is 1. The lowest BCUT2D eigenvalue weighted by Crippen LogP contribution is -2.56. The van der Waals surface area contributed by atoms with Gasteiger partial charge >= 0.3 is 0 Å². The van der Waals surface area contributed by atoms with Crippen LogP contribution in [-0.4, -0.2) is 31.7 Å². The lowest BCUT2D eigenvalue weighted by Gasteiger charge is -2.49. The van der Waals surface area contributed by atoms with E-state index in [-0.39, 0.29) is 29.3 Å². The molecule has 3 rings (SSSR count). The van der Waals surface area contributed by atoms with Crippen molar-refractivity contribution in [2.24, 2.45) is 11.8 Å². The summed E-state index contributed by atoms with van der Waals surface area (Å²) in [5.41, 5.74) is 1.25. The van der Waals surface area contributed by atoms with Gasteiger partial charge in [-0.25, -0.2) is 13.1 Å². The Labute approximate surface area is 199 Å². The average Bonchev–Trinajstić information content (AvgIpc) is 2.68. The molecular formula is C25H39ClN2O3S. The highest BCUT2D eigenvalue weighted by molar-refractivity contribution is 7.90. The van der Waals surface area contributed by atoms with Crippen molar-refractivity contribution in [2.75, 3.05) is 0 Å². The SMILES string of the molecule is CC(C)CC(NC(=O)[C@H]1CC[C@H](NS(=O)(=O)C(C)C)CC1)C1(c2ccc(Cl)cc2)CCC1. The van der Waals surface area contributed by atoms with Gasteiger partial charge in [-0.05, 0) is 82.4 Å². The van der Waals surface area contributed by atoms with Gasteiger partial charge in [-0.15, -0.1) is 0 Å². The van der Waals surface area contributed by atoms with Gasteiger partial charge in [-0.1, -0.05) is 44.0 Å². The Hall–Kier alpha value is -1.11. The topological polar surface area (TPSA) is 75.3 Å². The molecule has 2 aliphatic rings. The third kappa shape index (κ3) is 5.87. The second-order valence-corrected chi connectivity index (χ2v) is 13.2. The van der Waals surface area contributed by atoms with Crippen molar-refractivity contribution < 1.29 is 13.2 Å². The van der Waals surface area contributed by atoms with Gasteiger partial charge in [0.15, 0.2) is 0 Å². The fourth-order valence-electron chi connectivity index (χ4n) is 5.20. The maximum absolute atomic E-state index is 13.3. The number of hydrogen-bond acceptors (Lipinski definition) is 3. The van der Waals surface area contributed by atoms with Crippen molar-refractivity contribution in [1.82, 2.24) is 10.0 Å². The highest BCUT2D eigenvalue weighted by Gasteiger charge is 2.46. The molecule has 0 radical (unpaired) electrons. The van der Waals surface area contributed by atoms with Crippen LogP contribution in [0.1, 0.15) is 84.6 Å². The van der Waals surface area contributed by atoms with Crippen molar-refractivity contribution in [3.05, 3.63) is 34.9 Å². The predicted molar refractivity (Wildman–Crippen MR) is 131 cm³/mol. The highest BCUT2D eigenvalue weighted by atomic mass is 35.5. The summed E-state index contributed by atoms with van der Waals surface area (Å²) in [7, 11) is -3.28. The highest BCUT2D eigenvalue weighted by Crippen LogP contribution is 2.48. The molecule has 2 N–H and O–H groups in total. The molecule has 0 aromatic heterocycles. The van der Waals surface area contributed by atoms with E-state index >= 15 is 0 Å². The lowest BCUT2D eigenvalue weighted by molar-refractivity contribution is -0.127. The number of benzene rings is 1. The largest absolute Gasteiger partial charge is 0.352 e. The van der Waals surface area contributed by atoms with Gasteiger partial charge in [0, 0.05) is 28.4 Å². The zero-order valence-electron chi connectivity index (χ0n) is 19.9. The minimum Gasteiger partial charge on any atom is -0.352 e. The predicted octanol–water partition coefficient (Wildman–Crippen LogP) is 5.18. The summed E-state index contributed by atoms with van der Waals surface area (Å²) in [5, 5.41) is 3.74. The van der Waals surface area contributed by atoms with E-state index in [4.69, 9.17) is 11.6 Å². The number of carbonyl (C=O) groups is 1. The third-order valence-electron chi connectivity index (χ3n) is 7.41. The average molecular weight is 483 g/mol. The summed E-state index contributed by atoms with van der Waals surface area (Å²) in [6, 6.07) is 8.17. The van der Waals surface area contributed by atoms with Crippen LogP contribution in [-0.2, 0) is 20.2 Å². The van der Waals surface area contributed by atoms with Crippen LogP contribution in [0.4, 0.5) is 0 Å². The molecule has 0 heterocycles. The van der Waals surface area contributed by atoms with Gasteiger partial charge in [-0.2, -0.15) is 0 Å². The van der Waals surface area contributed by atoms with Crippen molar-refractivity contribution in [2.45, 2.75) is 102 Å². The van der Waals surface area contributed by atoms with E-state index in [2.05, 4.69) is 36.0 Å². The van der Waals surface area contributed by atoms with E-state index in [1.165, 1.54) is 12.0 Å². The van der Waals surface area contributed by atoms with Crippen LogP contribution in [0, 0.1) is 11.8 Å². The first kappa shape index (κ1) is 25.5. The van der Waals surface area contributed by atoms with E-state index in [0.29, 0.717) is 18.8 Å². The van der Waals surface area contributed by atoms with E-state index < -0.39 is 15.3 Å². The Balaban J connectivity index is 1.66. The molecule has 180 valence electrons. The van der Waals surface area contributed by atoms with E-state index in [1.807, 2.05) is 12.1 Å². The Morgan fingerprint density at radius 2 is 1.66 bits per heavy atom. The minimum absolute atomic E-state index is 0.0192. The Bertz CT molecular complexity index is 871. The normalized spacial score (nSPS) is 24.2. The summed E-state index contributed by atoms with van der Waals surface area (Å²) in [6.45, 7) is 7.79. The van der Waals surface area contributed by atoms with Crippen LogP contribution in [0.2, 0.25) is 5.02 Å². The van der Waals surface area contributed by atoms with Crippen molar-refractivity contribution in [3.8, 4) is 0 Å². The molecule has 1 atom stereocenters. The molecule has 1 aromatic rings. The van der Waals surface area contributed by atoms with Crippen molar-refractivity contribution in [3.63, 3.8) is 0 Å². The molecule has 0 saturated heterocycles. The van der Waals surface area contributed by atoms with Crippen LogP contribution in [0.25, 0.3) is 0 Å². The zero-order valence-corrected chi connectivity index (χ0v) is 21.4. The monoisotopic (exact) mass is 482 g/mol. The first-order valence-corrected chi connectivity index (χ1v) is 14.0. The molecule has 1 aromatic carbocycles. The Kier molecular flexibility index (Phi) is 8.32. The summed E-state index contributed by atoms with van der Waals surface area (Å²) >= 11 is 6.13. The van der Waals surface area contributed by atoms with Crippen LogP contribution in [0.3, 0.4) is 0 Å². The maximum Gasteiger partial charge on any atom is 0.223 e. The van der Waals surface area contributed by atoms with Gasteiger partial charge in [0.05, 0.1) is 5.25 Å². The van der Waals surface area contributed by atoms with Crippen LogP contribution in [0.15, 0.2) is 24.3 Å². The summed E-state index contributed by atoms with van der Waals surface area (Å²) in [6.07, 6.45) is 7.14. The fourth-order valence-corrected chi connectivity index (χ4v) is 6.30. The van der Waals surface area contributed by atoms with Gasteiger partial charge in [0.2, 0.25) is 15.9 Å². The molecular weight excluding hydrogens is 444 g/mol. The van der Waals surface area contributed by atoms with Crippen LogP contribution in [0.5, 0.6) is 0 Å². The third-order valence-corrected chi connectivity index (χ3v) is 9.56. The van der Waals surface area contributed by atoms with Gasteiger partial charge in [0.1, 0.15) is 0 Å². The molecule has 0 bridgehead atoms. The number of carbonyl (C=O) groups excluding carboxylic acids is 1. The van der Waals surface area contributed by atoms with E-state index in [1.54, 1.807) is 13.8 Å². The molecule has 32 heavy (non-hydrogen) atoms. The van der Waals surface area contributed by atoms with Crippen LogP contribution >= 0.6 is 11.6 Å². The van der Waals surface area contributed by atoms with E-state index in [9.17, 15) is 13.2 Å². The number of rotatable bonds is 9. The van der Waals surface area contributed by atoms with Gasteiger partial charge in [-0.3, -0.25) is 4.79 Å². The minimum atomic E-state index is -3.28. The van der Waals surface area contributed by atoms with Crippen LogP contribution < -0.4 is 10.0 Å². The smallest absolute Gasteiger partial charge is 0.223 e. The second kappa shape index (κ2) is 10.4. The molecule has 0 aliphatic heterocycles. The first-order valence-electron chi connectivity index (χ1n) is 12.1. The molecule has 2 aliphatic carbocycles. The zero-order chi connectivity index (χ0) is 23.5. The maximum atomic E-state index is 13.3. The van der Waals surface area contributed by atoms with Gasteiger partial charge < -0.3 is 5.32 Å². The standard InChI is InChI=1S/C25H39ClN2O3S/c1-17(2)16-23(25(14-5-15-25)20-8-10-21(26)11-9-20)27-24(29)19-6-12-22(13-7-19)28-32(30,31)18(3)4/h8-11,17-19,22-23,28H,5-7,12-16H2,1-4H3,(H,27,29)/t19-,22-,23?. The summed E-state index contributed by atoms with van der Waals surface area (Å²) < 4.78 is 27.2. The Morgan fingerprint density at radius 1 is 1.06 bits per heavy atom. The van der Waals surface area contributed by atoms with Gasteiger partial charge in [0.25, 0.3) is 0 Å². The molecule has 0 spiro atoms. The number of hydrogen-bond donors (Lipinski definition) is 2. The molecule has 1 unspecified atom stereocenters. The molecule has 2 saturated carbocycles. The molecule has 7 heteroatoms. The second-order valence-electron chi connectivity index (χ2n) is 10.5. The summed E-state index contributed by atoms with van der Waals surface area (Å²) in [4.78, 5) is 13.3. The first-order chi connectivity index (χ1) is 15.0. The number of amides is 1. The summed E-state index contributed by atoms with van der Waals surface area (Å²) in [5.74, 6) is 0.555. The molecule has 1 amide bonds. The fraction of sp³-hybridized carbons (Fsp3) is 0.720. The Morgan fingerprint density at radius 3 is 2.12 bits per heavy atom. The molecule has 5 nitrogen and oxygen atoms in total.